The predicted octanol–water partition coefficient (Wildman–Crippen LogP) is 3.54. The lowest BCUT2D eigenvalue weighted by Gasteiger charge is -2.18. The van der Waals surface area contributed by atoms with Gasteiger partial charge in [-0.05, 0) is 55.9 Å². The Morgan fingerprint density at radius 3 is 2.68 bits per heavy atom. The minimum atomic E-state index is -0.387. The van der Waals surface area contributed by atoms with E-state index >= 15 is 0 Å². The number of aryl methyl sites for hydroxylation is 1. The summed E-state index contributed by atoms with van der Waals surface area (Å²) in [5, 5.41) is 6.68. The molecule has 0 aliphatic rings. The summed E-state index contributed by atoms with van der Waals surface area (Å²) in [6.07, 6.45) is 0. The number of para-hydroxylation sites is 1. The fourth-order valence-corrected chi connectivity index (χ4v) is 2.53. The van der Waals surface area contributed by atoms with Crippen LogP contribution in [-0.2, 0) is 4.74 Å². The molecule has 0 amide bonds. The molecule has 0 bridgehead atoms. The van der Waals surface area contributed by atoms with Crippen molar-refractivity contribution in [2.45, 2.75) is 19.9 Å². The minimum absolute atomic E-state index is 0.0170. The van der Waals surface area contributed by atoms with Crippen LogP contribution in [0.25, 0.3) is 0 Å². The Morgan fingerprint density at radius 2 is 1.96 bits per heavy atom. The number of esters is 1. The van der Waals surface area contributed by atoms with E-state index in [0.29, 0.717) is 23.0 Å². The van der Waals surface area contributed by atoms with Crippen molar-refractivity contribution in [1.29, 1.82) is 0 Å². The number of hydrogen-bond acceptors (Lipinski definition) is 4. The van der Waals surface area contributed by atoms with Crippen molar-refractivity contribution in [2.75, 3.05) is 19.0 Å². The highest BCUT2D eigenvalue weighted by Gasteiger charge is 2.09. The van der Waals surface area contributed by atoms with Crippen molar-refractivity contribution in [3.63, 3.8) is 0 Å². The van der Waals surface area contributed by atoms with E-state index in [1.165, 1.54) is 7.11 Å². The molecule has 0 aliphatic carbocycles. The van der Waals surface area contributed by atoms with E-state index in [9.17, 15) is 4.79 Å². The summed E-state index contributed by atoms with van der Waals surface area (Å²) in [7, 11) is 1.35. The van der Waals surface area contributed by atoms with Crippen LogP contribution in [0.1, 0.15) is 22.8 Å². The smallest absolute Gasteiger partial charge is 0.337 e. The van der Waals surface area contributed by atoms with E-state index in [1.54, 1.807) is 18.2 Å². The standard InChI is InChI=1S/C19H22N2O3S/c1-13-7-4-5-10-17(13)24-12-14(2)20-19(25)21-16-9-6-8-15(11-16)18(22)23-3/h4-11,14H,12H2,1-3H3,(H2,20,21,25)/t14-/m0/s1. The van der Waals surface area contributed by atoms with Crippen molar-refractivity contribution in [1.82, 2.24) is 5.32 Å². The van der Waals surface area contributed by atoms with E-state index in [4.69, 9.17) is 21.7 Å². The average Bonchev–Trinajstić information content (AvgIpc) is 2.60. The molecule has 0 radical (unpaired) electrons. The summed E-state index contributed by atoms with van der Waals surface area (Å²) in [4.78, 5) is 11.6. The quantitative estimate of drug-likeness (QED) is 0.608. The third-order valence-corrected chi connectivity index (χ3v) is 3.72. The first kappa shape index (κ1) is 18.7. The summed E-state index contributed by atoms with van der Waals surface area (Å²) in [5.41, 5.74) is 2.27. The van der Waals surface area contributed by atoms with Gasteiger partial charge >= 0.3 is 5.97 Å². The van der Waals surface area contributed by atoms with Crippen LogP contribution in [0.15, 0.2) is 48.5 Å². The maximum absolute atomic E-state index is 11.6. The number of nitrogens with one attached hydrogen (secondary N) is 2. The minimum Gasteiger partial charge on any atom is -0.491 e. The summed E-state index contributed by atoms with van der Waals surface area (Å²) in [5.74, 6) is 0.475. The van der Waals surface area contributed by atoms with Crippen LogP contribution in [0.4, 0.5) is 5.69 Å². The van der Waals surface area contributed by atoms with Crippen LogP contribution in [0.5, 0.6) is 5.75 Å². The van der Waals surface area contributed by atoms with Gasteiger partial charge in [-0.3, -0.25) is 0 Å². The summed E-state index contributed by atoms with van der Waals surface area (Å²) >= 11 is 5.31. The second-order valence-electron chi connectivity index (χ2n) is 5.65. The van der Waals surface area contributed by atoms with Gasteiger partial charge in [-0.25, -0.2) is 4.79 Å². The van der Waals surface area contributed by atoms with E-state index in [-0.39, 0.29) is 12.0 Å². The highest BCUT2D eigenvalue weighted by molar-refractivity contribution is 7.80. The fraction of sp³-hybridized carbons (Fsp3) is 0.263. The van der Waals surface area contributed by atoms with E-state index < -0.39 is 0 Å². The Kier molecular flexibility index (Phi) is 6.77. The lowest BCUT2D eigenvalue weighted by Crippen LogP contribution is -2.39. The third-order valence-electron chi connectivity index (χ3n) is 3.50. The maximum Gasteiger partial charge on any atom is 0.337 e. The number of carbonyl (C=O) groups is 1. The van der Waals surface area contributed by atoms with Gasteiger partial charge in [0.2, 0.25) is 0 Å². The molecule has 0 spiro atoms. The summed E-state index contributed by atoms with van der Waals surface area (Å²) in [6, 6.07) is 14.9. The Bertz CT molecular complexity index is 749. The molecule has 1 atom stereocenters. The number of hydrogen-bond donors (Lipinski definition) is 2. The molecule has 0 aromatic heterocycles. The Labute approximate surface area is 153 Å². The lowest BCUT2D eigenvalue weighted by atomic mass is 10.2. The first-order valence-electron chi connectivity index (χ1n) is 7.94. The first-order chi connectivity index (χ1) is 12.0. The second kappa shape index (κ2) is 9.03. The molecule has 2 aromatic carbocycles. The van der Waals surface area contributed by atoms with Crippen molar-refractivity contribution in [3.05, 3.63) is 59.7 Å². The SMILES string of the molecule is COC(=O)c1cccc(NC(=S)N[C@@H](C)COc2ccccc2C)c1. The van der Waals surface area contributed by atoms with Gasteiger partial charge in [-0.15, -0.1) is 0 Å². The van der Waals surface area contributed by atoms with E-state index in [1.807, 2.05) is 44.2 Å². The normalized spacial score (nSPS) is 11.3. The zero-order valence-corrected chi connectivity index (χ0v) is 15.4. The summed E-state index contributed by atoms with van der Waals surface area (Å²) in [6.45, 7) is 4.47. The van der Waals surface area contributed by atoms with Crippen LogP contribution >= 0.6 is 12.2 Å². The van der Waals surface area contributed by atoms with Crippen LogP contribution in [0.3, 0.4) is 0 Å². The first-order valence-corrected chi connectivity index (χ1v) is 8.34. The number of rotatable bonds is 6. The Morgan fingerprint density at radius 1 is 1.20 bits per heavy atom. The molecular formula is C19H22N2O3S. The van der Waals surface area contributed by atoms with Gasteiger partial charge in [0.15, 0.2) is 5.11 Å². The van der Waals surface area contributed by atoms with Crippen LogP contribution in [0, 0.1) is 6.92 Å². The number of ether oxygens (including phenoxy) is 2. The number of anilines is 1. The van der Waals surface area contributed by atoms with Gasteiger partial charge in [0.1, 0.15) is 12.4 Å². The molecule has 0 heterocycles. The van der Waals surface area contributed by atoms with Crippen molar-refractivity contribution < 1.29 is 14.3 Å². The van der Waals surface area contributed by atoms with Gasteiger partial charge in [-0.1, -0.05) is 24.3 Å². The van der Waals surface area contributed by atoms with Crippen molar-refractivity contribution in [2.24, 2.45) is 0 Å². The molecule has 2 rings (SSSR count). The molecule has 132 valence electrons. The molecule has 0 fully saturated rings. The van der Waals surface area contributed by atoms with Crippen LogP contribution < -0.4 is 15.4 Å². The van der Waals surface area contributed by atoms with Gasteiger partial charge in [0.25, 0.3) is 0 Å². The Hall–Kier alpha value is -2.60. The lowest BCUT2D eigenvalue weighted by molar-refractivity contribution is 0.0601. The summed E-state index contributed by atoms with van der Waals surface area (Å²) < 4.78 is 10.5. The second-order valence-corrected chi connectivity index (χ2v) is 6.06. The zero-order chi connectivity index (χ0) is 18.2. The average molecular weight is 358 g/mol. The highest BCUT2D eigenvalue weighted by atomic mass is 32.1. The topological polar surface area (TPSA) is 59.6 Å². The van der Waals surface area contributed by atoms with Gasteiger partial charge in [0.05, 0.1) is 18.7 Å². The third kappa shape index (κ3) is 5.76. The van der Waals surface area contributed by atoms with Crippen molar-refractivity contribution >= 4 is 29.0 Å². The fourth-order valence-electron chi connectivity index (χ4n) is 2.21. The molecule has 2 aromatic rings. The monoisotopic (exact) mass is 358 g/mol. The molecule has 5 nitrogen and oxygen atoms in total. The number of thiocarbonyl (C=S) groups is 1. The van der Waals surface area contributed by atoms with E-state index in [2.05, 4.69) is 10.6 Å². The highest BCUT2D eigenvalue weighted by Crippen LogP contribution is 2.16. The molecule has 0 saturated heterocycles. The molecule has 6 heteroatoms. The Balaban J connectivity index is 1.85. The number of benzene rings is 2. The largest absolute Gasteiger partial charge is 0.491 e. The molecule has 0 aliphatic heterocycles. The molecule has 25 heavy (non-hydrogen) atoms. The van der Waals surface area contributed by atoms with E-state index in [0.717, 1.165) is 11.3 Å². The predicted molar refractivity (Wildman–Crippen MR) is 103 cm³/mol. The molecule has 2 N–H and O–H groups in total. The van der Waals surface area contributed by atoms with Gasteiger partial charge in [0, 0.05) is 5.69 Å². The number of methoxy groups -OCH3 is 1. The van der Waals surface area contributed by atoms with Gasteiger partial charge in [-0.2, -0.15) is 0 Å². The molecule has 0 saturated carbocycles. The van der Waals surface area contributed by atoms with Gasteiger partial charge < -0.3 is 20.1 Å². The van der Waals surface area contributed by atoms with Crippen molar-refractivity contribution in [3.8, 4) is 5.75 Å². The molecule has 0 unspecified atom stereocenters. The maximum atomic E-state index is 11.6. The van der Waals surface area contributed by atoms with Crippen LogP contribution in [0.2, 0.25) is 0 Å². The number of carbonyl (C=O) groups excluding carboxylic acids is 1. The molecular weight excluding hydrogens is 336 g/mol. The van der Waals surface area contributed by atoms with Crippen LogP contribution in [-0.4, -0.2) is 30.8 Å². The zero-order valence-electron chi connectivity index (χ0n) is 14.5.